The summed E-state index contributed by atoms with van der Waals surface area (Å²) in [5.41, 5.74) is 6.81. The molecular weight excluding hydrogens is 909 g/mol. The molecule has 0 spiro atoms. The largest absolute Gasteiger partial charge is 0.508 e. The molecule has 0 saturated heterocycles. The Bertz CT molecular complexity index is 2310. The molecule has 7 amide bonds. The fourth-order valence-corrected chi connectivity index (χ4v) is 6.42. The van der Waals surface area contributed by atoms with E-state index in [4.69, 9.17) is 10.8 Å². The SMILES string of the molecule is C[C@H](NC(=O)[C@H](C)NC(=O)[C@@H](NC(=O)[C@@H](N)CC(=O)O)[C@@H](C)O)C(=O)N[C@@H](Cc1ccc(O)cc1)C(=O)N[C@@H](Cc1ccccc1)C(=O)N[C@@H](CC(=O)O)C(=O)N[C@@H](Cc1ccc(O)cc1)C(=O)O. The lowest BCUT2D eigenvalue weighted by atomic mass is 10.0. The Balaban J connectivity index is 1.83. The zero-order valence-electron chi connectivity index (χ0n) is 37.6. The molecule has 9 atom stereocenters. The third-order valence-corrected chi connectivity index (χ3v) is 10.2. The summed E-state index contributed by atoms with van der Waals surface area (Å²) in [6, 6.07) is 6.43. The molecule has 0 aliphatic carbocycles. The van der Waals surface area contributed by atoms with Crippen molar-refractivity contribution in [1.82, 2.24) is 37.2 Å². The van der Waals surface area contributed by atoms with Crippen molar-refractivity contribution in [3.63, 3.8) is 0 Å². The molecule has 0 unspecified atom stereocenters. The van der Waals surface area contributed by atoms with Gasteiger partial charge in [-0.3, -0.25) is 43.2 Å². The number of benzene rings is 3. The number of aliphatic carboxylic acids is 3. The van der Waals surface area contributed by atoms with E-state index in [0.29, 0.717) is 16.7 Å². The number of amides is 7. The summed E-state index contributed by atoms with van der Waals surface area (Å²) in [5, 5.41) is 74.4. The van der Waals surface area contributed by atoms with Crippen LogP contribution in [0.2, 0.25) is 0 Å². The molecule has 0 aromatic heterocycles. The normalized spacial score (nSPS) is 14.8. The molecule has 372 valence electrons. The van der Waals surface area contributed by atoms with Crippen molar-refractivity contribution in [3.05, 3.63) is 95.6 Å². The Kier molecular flexibility index (Phi) is 21.0. The molecule has 0 bridgehead atoms. The highest BCUT2D eigenvalue weighted by Gasteiger charge is 2.35. The number of rotatable bonds is 26. The maximum Gasteiger partial charge on any atom is 0.326 e. The zero-order valence-corrected chi connectivity index (χ0v) is 37.6. The standard InChI is InChI=1S/C45H56N8O16/c1-22(48-44(67)37(24(3)54)53-40(63)30(46)20-35(57)58)38(61)47-23(2)39(62)49-31(18-26-9-13-28(55)14-10-26)41(64)50-32(17-25-7-5-4-6-8-25)42(65)51-33(21-36(59)60)43(66)52-34(45(68)69)19-27-11-15-29(56)16-12-27/h4-16,22-24,30-34,37,54-56H,17-21,46H2,1-3H3,(H,47,61)(H,48,67)(H,49,62)(H,50,64)(H,51,65)(H,52,66)(H,53,63)(H,57,58)(H,59,60)(H,68,69)/t22-,23-,24+,30-,31-,32-,33-,34-,37-/m0/s1. The molecule has 0 radical (unpaired) electrons. The second-order valence-electron chi connectivity index (χ2n) is 16.0. The van der Waals surface area contributed by atoms with Crippen LogP contribution < -0.4 is 43.0 Å². The van der Waals surface area contributed by atoms with Gasteiger partial charge in [-0.15, -0.1) is 0 Å². The minimum Gasteiger partial charge on any atom is -0.508 e. The van der Waals surface area contributed by atoms with Gasteiger partial charge in [0, 0.05) is 19.3 Å². The van der Waals surface area contributed by atoms with E-state index in [9.17, 15) is 73.5 Å². The van der Waals surface area contributed by atoms with Crippen molar-refractivity contribution in [2.75, 3.05) is 0 Å². The number of carboxylic acid groups (broad SMARTS) is 3. The van der Waals surface area contributed by atoms with Crippen LogP contribution >= 0.6 is 0 Å². The average Bonchev–Trinajstić information content (AvgIpc) is 3.28. The number of carboxylic acids is 3. The lowest BCUT2D eigenvalue weighted by molar-refractivity contribution is -0.143. The first-order chi connectivity index (χ1) is 32.4. The molecule has 15 N–H and O–H groups in total. The average molecular weight is 965 g/mol. The first-order valence-corrected chi connectivity index (χ1v) is 21.3. The highest BCUT2D eigenvalue weighted by atomic mass is 16.4. The predicted molar refractivity (Wildman–Crippen MR) is 240 cm³/mol. The fraction of sp³-hybridized carbons (Fsp3) is 0.378. The highest BCUT2D eigenvalue weighted by Crippen LogP contribution is 2.14. The number of carbonyl (C=O) groups is 10. The lowest BCUT2D eigenvalue weighted by Gasteiger charge is -2.27. The Morgan fingerprint density at radius 1 is 0.449 bits per heavy atom. The highest BCUT2D eigenvalue weighted by molar-refractivity contribution is 5.98. The van der Waals surface area contributed by atoms with Crippen LogP contribution in [-0.2, 0) is 67.2 Å². The molecule has 3 rings (SSSR count). The minimum atomic E-state index is -1.87. The molecule has 0 heterocycles. The van der Waals surface area contributed by atoms with E-state index in [2.05, 4.69) is 37.2 Å². The van der Waals surface area contributed by atoms with E-state index in [-0.39, 0.29) is 30.8 Å². The molecule has 0 aliphatic rings. The van der Waals surface area contributed by atoms with Crippen LogP contribution in [0.3, 0.4) is 0 Å². The molecule has 69 heavy (non-hydrogen) atoms. The summed E-state index contributed by atoms with van der Waals surface area (Å²) < 4.78 is 0. The lowest BCUT2D eigenvalue weighted by Crippen LogP contribution is -2.60. The van der Waals surface area contributed by atoms with Crippen LogP contribution in [0.5, 0.6) is 11.5 Å². The number of phenols is 2. The number of aliphatic hydroxyl groups is 1. The second-order valence-corrected chi connectivity index (χ2v) is 16.0. The van der Waals surface area contributed by atoms with Crippen molar-refractivity contribution in [2.45, 2.75) is 107 Å². The van der Waals surface area contributed by atoms with Crippen molar-refractivity contribution < 1.29 is 78.6 Å². The van der Waals surface area contributed by atoms with E-state index in [1.807, 2.05) is 0 Å². The van der Waals surface area contributed by atoms with Gasteiger partial charge < -0.3 is 73.6 Å². The number of nitrogens with one attached hydrogen (secondary N) is 7. The van der Waals surface area contributed by atoms with E-state index < -0.39 is 127 Å². The Morgan fingerprint density at radius 3 is 1.28 bits per heavy atom. The van der Waals surface area contributed by atoms with Crippen molar-refractivity contribution in [1.29, 1.82) is 0 Å². The Labute approximate surface area is 394 Å². The maximum absolute atomic E-state index is 14.2. The Morgan fingerprint density at radius 2 is 0.826 bits per heavy atom. The quantitative estimate of drug-likeness (QED) is 0.0389. The van der Waals surface area contributed by atoms with Gasteiger partial charge in [-0.2, -0.15) is 0 Å². The summed E-state index contributed by atoms with van der Waals surface area (Å²) in [6.45, 7) is 3.59. The number of nitrogens with two attached hydrogens (primary N) is 1. The minimum absolute atomic E-state index is 0.0982. The van der Waals surface area contributed by atoms with Gasteiger partial charge in [0.05, 0.1) is 25.0 Å². The molecular formula is C45H56N8O16. The number of hydrogen-bond donors (Lipinski definition) is 14. The Hall–Kier alpha value is -8.12. The zero-order chi connectivity index (χ0) is 51.5. The third kappa shape index (κ3) is 18.6. The summed E-state index contributed by atoms with van der Waals surface area (Å²) in [5.74, 6) is -11.9. The van der Waals surface area contributed by atoms with Crippen LogP contribution in [0.4, 0.5) is 0 Å². The predicted octanol–water partition coefficient (Wildman–Crippen LogP) is -2.70. The van der Waals surface area contributed by atoms with Gasteiger partial charge in [-0.1, -0.05) is 54.6 Å². The fourth-order valence-electron chi connectivity index (χ4n) is 6.42. The number of aliphatic hydroxyl groups excluding tert-OH is 1. The number of carbonyl (C=O) groups excluding carboxylic acids is 7. The van der Waals surface area contributed by atoms with E-state index >= 15 is 0 Å². The molecule has 0 saturated carbocycles. The van der Waals surface area contributed by atoms with Gasteiger partial charge in [0.1, 0.15) is 53.8 Å². The number of hydrogen-bond acceptors (Lipinski definition) is 14. The second kappa shape index (κ2) is 26.3. The molecule has 0 fully saturated rings. The summed E-state index contributed by atoms with van der Waals surface area (Å²) in [4.78, 5) is 129. The first kappa shape index (κ1) is 55.2. The van der Waals surface area contributed by atoms with Gasteiger partial charge in [-0.25, -0.2) is 4.79 Å². The van der Waals surface area contributed by atoms with Gasteiger partial charge in [0.15, 0.2) is 0 Å². The van der Waals surface area contributed by atoms with Crippen LogP contribution in [0.15, 0.2) is 78.9 Å². The van der Waals surface area contributed by atoms with Gasteiger partial charge in [-0.05, 0) is 61.7 Å². The van der Waals surface area contributed by atoms with Crippen LogP contribution in [0, 0.1) is 0 Å². The van der Waals surface area contributed by atoms with Crippen molar-refractivity contribution in [3.8, 4) is 11.5 Å². The van der Waals surface area contributed by atoms with Gasteiger partial charge in [0.25, 0.3) is 0 Å². The van der Waals surface area contributed by atoms with Crippen molar-refractivity contribution >= 4 is 59.3 Å². The van der Waals surface area contributed by atoms with E-state index in [0.717, 1.165) is 6.92 Å². The molecule has 0 aliphatic heterocycles. The summed E-state index contributed by atoms with van der Waals surface area (Å²) >= 11 is 0. The van der Waals surface area contributed by atoms with Crippen LogP contribution in [0.1, 0.15) is 50.3 Å². The van der Waals surface area contributed by atoms with Crippen LogP contribution in [0.25, 0.3) is 0 Å². The number of phenolic OH excluding ortho intramolecular Hbond substituents is 2. The molecule has 24 nitrogen and oxygen atoms in total. The third-order valence-electron chi connectivity index (χ3n) is 10.2. The van der Waals surface area contributed by atoms with E-state index in [1.165, 1.54) is 62.4 Å². The molecule has 24 heteroatoms. The molecule has 3 aromatic rings. The monoisotopic (exact) mass is 964 g/mol. The summed E-state index contributed by atoms with van der Waals surface area (Å²) in [6.07, 6.45) is -4.13. The van der Waals surface area contributed by atoms with Crippen LogP contribution in [-0.4, -0.2) is 144 Å². The topological polar surface area (TPSA) is 402 Å². The smallest absolute Gasteiger partial charge is 0.326 e. The van der Waals surface area contributed by atoms with E-state index in [1.54, 1.807) is 30.3 Å². The van der Waals surface area contributed by atoms with Gasteiger partial charge in [0.2, 0.25) is 41.4 Å². The first-order valence-electron chi connectivity index (χ1n) is 21.3. The number of aromatic hydroxyl groups is 2. The summed E-state index contributed by atoms with van der Waals surface area (Å²) in [7, 11) is 0. The van der Waals surface area contributed by atoms with Crippen molar-refractivity contribution in [2.24, 2.45) is 5.73 Å². The molecule has 3 aromatic carbocycles. The van der Waals surface area contributed by atoms with Gasteiger partial charge >= 0.3 is 17.9 Å². The maximum atomic E-state index is 14.2.